The topological polar surface area (TPSA) is 60.5 Å². The van der Waals surface area contributed by atoms with Crippen LogP contribution < -0.4 is 14.8 Å². The van der Waals surface area contributed by atoms with Crippen molar-refractivity contribution in [1.82, 2.24) is 10.3 Å². The molecule has 0 aliphatic carbocycles. The molecule has 0 spiro atoms. The van der Waals surface area contributed by atoms with Gasteiger partial charge in [0.2, 0.25) is 5.88 Å². The molecule has 1 heterocycles. The maximum absolute atomic E-state index is 14.6. The molecule has 0 aliphatic heterocycles. The Kier molecular flexibility index (Phi) is 6.79. The van der Waals surface area contributed by atoms with Gasteiger partial charge in [-0.05, 0) is 47.9 Å². The van der Waals surface area contributed by atoms with Crippen LogP contribution in [-0.4, -0.2) is 24.6 Å². The molecule has 0 unspecified atom stereocenters. The van der Waals surface area contributed by atoms with E-state index >= 15 is 0 Å². The molecule has 0 saturated carbocycles. The number of halogens is 1. The zero-order valence-corrected chi connectivity index (χ0v) is 16.4. The second-order valence-electron chi connectivity index (χ2n) is 6.42. The van der Waals surface area contributed by atoms with E-state index in [4.69, 9.17) is 9.47 Å². The minimum absolute atomic E-state index is 0.0119. The molecule has 0 fully saturated rings. The summed E-state index contributed by atoms with van der Waals surface area (Å²) in [6, 6.07) is 15.4. The normalized spacial score (nSPS) is 10.4. The molecule has 6 heteroatoms. The van der Waals surface area contributed by atoms with Crippen molar-refractivity contribution in [3.8, 4) is 22.8 Å². The van der Waals surface area contributed by atoms with Crippen LogP contribution in [0.5, 0.6) is 11.6 Å². The Bertz CT molecular complexity index is 974. The number of hydrogen-bond acceptors (Lipinski definition) is 4. The summed E-state index contributed by atoms with van der Waals surface area (Å²) < 4.78 is 25.3. The number of carbonyl (C=O) groups excluding carboxylic acids is 1. The van der Waals surface area contributed by atoms with Crippen LogP contribution in [0.4, 0.5) is 4.39 Å². The summed E-state index contributed by atoms with van der Waals surface area (Å²) in [7, 11) is 1.59. The Hall–Kier alpha value is -3.41. The number of rotatable bonds is 8. The third-order valence-electron chi connectivity index (χ3n) is 4.37. The number of ether oxygens (including phenoxy) is 2. The lowest BCUT2D eigenvalue weighted by Crippen LogP contribution is -2.24. The van der Waals surface area contributed by atoms with Crippen LogP contribution in [0.3, 0.4) is 0 Å². The average Bonchev–Trinajstić information content (AvgIpc) is 2.76. The van der Waals surface area contributed by atoms with Crippen molar-refractivity contribution in [2.75, 3.05) is 13.7 Å². The van der Waals surface area contributed by atoms with E-state index in [1.165, 1.54) is 12.1 Å². The van der Waals surface area contributed by atoms with Gasteiger partial charge in [-0.2, -0.15) is 0 Å². The molecule has 2 aromatic carbocycles. The highest BCUT2D eigenvalue weighted by Gasteiger charge is 2.14. The lowest BCUT2D eigenvalue weighted by molar-refractivity contribution is 0.0946. The molecular weight excluding hydrogens is 371 g/mol. The summed E-state index contributed by atoms with van der Waals surface area (Å²) in [6.07, 6.45) is 2.49. The third kappa shape index (κ3) is 5.10. The van der Waals surface area contributed by atoms with Crippen molar-refractivity contribution in [1.29, 1.82) is 0 Å². The van der Waals surface area contributed by atoms with Gasteiger partial charge in [-0.1, -0.05) is 31.2 Å². The van der Waals surface area contributed by atoms with Gasteiger partial charge in [0.05, 0.1) is 19.3 Å². The molecule has 5 nitrogen and oxygen atoms in total. The first-order chi connectivity index (χ1) is 14.1. The molecule has 0 aliphatic rings. The number of benzene rings is 2. The molecular formula is C23H23FN2O3. The number of aromatic nitrogens is 1. The van der Waals surface area contributed by atoms with Crippen LogP contribution in [0.15, 0.2) is 60.8 Å². The van der Waals surface area contributed by atoms with Gasteiger partial charge in [0, 0.05) is 18.3 Å². The number of methoxy groups -OCH3 is 1. The average molecular weight is 394 g/mol. The minimum Gasteiger partial charge on any atom is -0.497 e. The Morgan fingerprint density at radius 3 is 2.55 bits per heavy atom. The van der Waals surface area contributed by atoms with Crippen molar-refractivity contribution in [2.24, 2.45) is 0 Å². The van der Waals surface area contributed by atoms with Crippen molar-refractivity contribution in [3.63, 3.8) is 0 Å². The predicted molar refractivity (Wildman–Crippen MR) is 110 cm³/mol. The van der Waals surface area contributed by atoms with E-state index in [-0.39, 0.29) is 12.1 Å². The zero-order valence-electron chi connectivity index (χ0n) is 16.4. The second kappa shape index (κ2) is 9.68. The van der Waals surface area contributed by atoms with Gasteiger partial charge in [-0.15, -0.1) is 0 Å². The molecule has 1 N–H and O–H groups in total. The zero-order chi connectivity index (χ0) is 20.6. The van der Waals surface area contributed by atoms with Crippen LogP contribution >= 0.6 is 0 Å². The second-order valence-corrected chi connectivity index (χ2v) is 6.42. The van der Waals surface area contributed by atoms with Gasteiger partial charge in [-0.25, -0.2) is 9.37 Å². The Balaban J connectivity index is 1.70. The number of nitrogens with zero attached hydrogens (tertiary/aromatic N) is 1. The quantitative estimate of drug-likeness (QED) is 0.606. The van der Waals surface area contributed by atoms with E-state index in [1.807, 2.05) is 25.1 Å². The van der Waals surface area contributed by atoms with E-state index in [2.05, 4.69) is 10.3 Å². The van der Waals surface area contributed by atoms with Crippen LogP contribution in [0.25, 0.3) is 11.1 Å². The van der Waals surface area contributed by atoms with Crippen molar-refractivity contribution in [3.05, 3.63) is 77.7 Å². The SMILES string of the molecule is CCCOc1ncccc1CNC(=O)c1ccc(-c2ccc(OC)cc2)cc1F. The van der Waals surface area contributed by atoms with Crippen LogP contribution in [0.1, 0.15) is 29.3 Å². The summed E-state index contributed by atoms with van der Waals surface area (Å²) in [5.41, 5.74) is 2.25. The van der Waals surface area contributed by atoms with Crippen molar-refractivity contribution < 1.29 is 18.7 Å². The highest BCUT2D eigenvalue weighted by molar-refractivity contribution is 5.95. The Labute approximate surface area is 169 Å². The number of amides is 1. The van der Waals surface area contributed by atoms with Crippen LogP contribution in [0, 0.1) is 5.82 Å². The highest BCUT2D eigenvalue weighted by atomic mass is 19.1. The number of hydrogen-bond donors (Lipinski definition) is 1. The van der Waals surface area contributed by atoms with Crippen molar-refractivity contribution >= 4 is 5.91 Å². The minimum atomic E-state index is -0.579. The van der Waals surface area contributed by atoms with Gasteiger partial charge < -0.3 is 14.8 Å². The standard InChI is InChI=1S/C23H23FN2O3/c1-3-13-29-23-18(5-4-12-25-23)15-26-22(27)20-11-8-17(14-21(20)24)16-6-9-19(28-2)10-7-16/h4-12,14H,3,13,15H2,1-2H3,(H,26,27). The van der Waals surface area contributed by atoms with E-state index in [0.29, 0.717) is 18.1 Å². The van der Waals surface area contributed by atoms with E-state index in [1.54, 1.807) is 37.6 Å². The molecule has 0 radical (unpaired) electrons. The summed E-state index contributed by atoms with van der Waals surface area (Å²) in [5.74, 6) is 0.131. The molecule has 3 aromatic rings. The lowest BCUT2D eigenvalue weighted by atomic mass is 10.0. The van der Waals surface area contributed by atoms with Gasteiger partial charge in [0.15, 0.2) is 0 Å². The fraction of sp³-hybridized carbons (Fsp3) is 0.217. The van der Waals surface area contributed by atoms with E-state index in [0.717, 1.165) is 23.3 Å². The summed E-state index contributed by atoms with van der Waals surface area (Å²) in [6.45, 7) is 2.74. The van der Waals surface area contributed by atoms with Gasteiger partial charge in [0.1, 0.15) is 11.6 Å². The molecule has 150 valence electrons. The number of nitrogens with one attached hydrogen (secondary N) is 1. The molecule has 0 atom stereocenters. The van der Waals surface area contributed by atoms with E-state index in [9.17, 15) is 9.18 Å². The molecule has 29 heavy (non-hydrogen) atoms. The Morgan fingerprint density at radius 1 is 1.10 bits per heavy atom. The maximum Gasteiger partial charge on any atom is 0.254 e. The number of carbonyl (C=O) groups is 1. The summed E-state index contributed by atoms with van der Waals surface area (Å²) >= 11 is 0. The predicted octanol–water partition coefficient (Wildman–Crippen LogP) is 4.62. The fourth-order valence-electron chi connectivity index (χ4n) is 2.82. The first-order valence-corrected chi connectivity index (χ1v) is 9.41. The first kappa shape index (κ1) is 20.3. The van der Waals surface area contributed by atoms with E-state index < -0.39 is 11.7 Å². The van der Waals surface area contributed by atoms with Gasteiger partial charge in [0.25, 0.3) is 5.91 Å². The Morgan fingerprint density at radius 2 is 1.86 bits per heavy atom. The molecule has 0 saturated heterocycles. The highest BCUT2D eigenvalue weighted by Crippen LogP contribution is 2.24. The molecule has 0 bridgehead atoms. The van der Waals surface area contributed by atoms with Crippen molar-refractivity contribution in [2.45, 2.75) is 19.9 Å². The smallest absolute Gasteiger partial charge is 0.254 e. The largest absolute Gasteiger partial charge is 0.497 e. The fourth-order valence-corrected chi connectivity index (χ4v) is 2.82. The van der Waals surface area contributed by atoms with Gasteiger partial charge >= 0.3 is 0 Å². The third-order valence-corrected chi connectivity index (χ3v) is 4.37. The van der Waals surface area contributed by atoms with Crippen LogP contribution in [0.2, 0.25) is 0 Å². The summed E-state index contributed by atoms with van der Waals surface area (Å²) in [4.78, 5) is 16.7. The van der Waals surface area contributed by atoms with Crippen LogP contribution in [-0.2, 0) is 6.54 Å². The molecule has 3 rings (SSSR count). The first-order valence-electron chi connectivity index (χ1n) is 9.41. The lowest BCUT2D eigenvalue weighted by Gasteiger charge is -2.11. The summed E-state index contributed by atoms with van der Waals surface area (Å²) in [5, 5.41) is 2.73. The molecule has 1 aromatic heterocycles. The number of pyridine rings is 1. The van der Waals surface area contributed by atoms with Gasteiger partial charge in [-0.3, -0.25) is 4.79 Å². The maximum atomic E-state index is 14.6. The monoisotopic (exact) mass is 394 g/mol. The molecule has 1 amide bonds.